The van der Waals surface area contributed by atoms with E-state index in [0.717, 1.165) is 49.8 Å². The first-order chi connectivity index (χ1) is 34.7. The number of hydrogen-bond donors (Lipinski definition) is 0. The Labute approximate surface area is 429 Å². The number of halogens is 1. The summed E-state index contributed by atoms with van der Waals surface area (Å²) in [6, 6.07) is 49.6. The normalized spacial score (nSPS) is 13.7. The van der Waals surface area contributed by atoms with E-state index in [2.05, 4.69) is 74.3 Å². The summed E-state index contributed by atoms with van der Waals surface area (Å²) in [5.74, 6) is -2.17. The molecule has 0 amide bonds. The van der Waals surface area contributed by atoms with Crippen molar-refractivity contribution in [1.82, 2.24) is 14.5 Å². The van der Waals surface area contributed by atoms with Crippen molar-refractivity contribution in [3.05, 3.63) is 198 Å². The Morgan fingerprint density at radius 2 is 1.42 bits per heavy atom. The van der Waals surface area contributed by atoms with Gasteiger partial charge in [-0.3, -0.25) is 9.37 Å². The second-order valence-corrected chi connectivity index (χ2v) is 19.8. The third kappa shape index (κ3) is 10.4. The van der Waals surface area contributed by atoms with E-state index in [9.17, 15) is 7.13 Å². The van der Waals surface area contributed by atoms with Gasteiger partial charge in [-0.15, -0.1) is 48.0 Å². The van der Waals surface area contributed by atoms with Crippen molar-refractivity contribution in [2.24, 2.45) is 5.41 Å². The van der Waals surface area contributed by atoms with Gasteiger partial charge in [-0.1, -0.05) is 171 Å². The van der Waals surface area contributed by atoms with Gasteiger partial charge in [-0.05, 0) is 110 Å². The molecule has 0 atom stereocenters. The zero-order chi connectivity index (χ0) is 53.3. The van der Waals surface area contributed by atoms with Crippen LogP contribution in [0.2, 0.25) is 0 Å². The van der Waals surface area contributed by atoms with E-state index in [1.807, 2.05) is 83.6 Å². The molecule has 0 aliphatic carbocycles. The van der Waals surface area contributed by atoms with Crippen LogP contribution in [0.25, 0.3) is 83.6 Å². The summed E-state index contributed by atoms with van der Waals surface area (Å²) in [6.07, 6.45) is 0.0823. The Balaban J connectivity index is 0.000000352. The number of hydrogen-bond acceptors (Lipinski definition) is 3. The second-order valence-electron chi connectivity index (χ2n) is 19.8. The molecule has 0 aliphatic heterocycles. The average Bonchev–Trinajstić information content (AvgIpc) is 3.92. The molecule has 10 rings (SSSR count). The fraction of sp³-hybridized carbons (Fsp3) is 0.238. The number of imidazole rings is 1. The Morgan fingerprint density at radius 3 is 2.04 bits per heavy atom. The van der Waals surface area contributed by atoms with Crippen molar-refractivity contribution in [3.8, 4) is 50.6 Å². The molecule has 3 heterocycles. The third-order valence-electron chi connectivity index (χ3n) is 12.0. The van der Waals surface area contributed by atoms with Gasteiger partial charge in [0.2, 0.25) is 0 Å². The summed E-state index contributed by atoms with van der Waals surface area (Å²) < 4.78 is 76.7. The number of furan rings is 1. The molecular weight excluding hydrogens is 1030 g/mol. The Hall–Kier alpha value is -6.46. The largest absolute Gasteiger partial charge is 0.501 e. The second kappa shape index (κ2) is 19.9. The molecular formula is C63H60FIrN3O-2. The molecule has 69 heavy (non-hydrogen) atoms. The molecule has 0 saturated carbocycles. The number of rotatable bonds is 8. The zero-order valence-corrected chi connectivity index (χ0v) is 43.2. The topological polar surface area (TPSA) is 43.9 Å². The van der Waals surface area contributed by atoms with Crippen molar-refractivity contribution >= 4 is 33.0 Å². The van der Waals surface area contributed by atoms with Crippen LogP contribution >= 0.6 is 0 Å². The van der Waals surface area contributed by atoms with Gasteiger partial charge in [0, 0.05) is 48.7 Å². The van der Waals surface area contributed by atoms with Crippen LogP contribution in [-0.4, -0.2) is 14.5 Å². The SMILES string of the molecule is CC(C)(C)c1ccc(-c2[c-]cc(F)cc2)nc1.[2H]c1cc(C([2H])([2H])C(C)(C)C)cc([2H])c1-c1cc(C([2H])(C)C)c(-n2c(-c3[c-]ccc4c3oc3cc(-c5ccccc5)ccc34)nc3ccccc32)c(C([2H])(C)C)c1.[Ir]. The van der Waals surface area contributed by atoms with Crippen LogP contribution in [0.5, 0.6) is 0 Å². The van der Waals surface area contributed by atoms with Gasteiger partial charge in [-0.25, -0.2) is 0 Å². The Kier molecular flexibility index (Phi) is 12.0. The van der Waals surface area contributed by atoms with Gasteiger partial charge >= 0.3 is 0 Å². The molecule has 10 aromatic rings. The van der Waals surface area contributed by atoms with Crippen molar-refractivity contribution in [3.63, 3.8) is 0 Å². The fourth-order valence-corrected chi connectivity index (χ4v) is 8.54. The van der Waals surface area contributed by atoms with Crippen LogP contribution in [0.1, 0.15) is 112 Å². The van der Waals surface area contributed by atoms with Crippen LogP contribution in [0.4, 0.5) is 4.39 Å². The first kappa shape index (κ1) is 41.5. The fourth-order valence-electron chi connectivity index (χ4n) is 8.54. The number of benzene rings is 7. The van der Waals surface area contributed by atoms with E-state index in [1.165, 1.54) is 29.8 Å². The maximum atomic E-state index is 12.8. The monoisotopic (exact) mass is 1090 g/mol. The predicted molar refractivity (Wildman–Crippen MR) is 282 cm³/mol. The number of aromatic nitrogens is 3. The maximum Gasteiger partial charge on any atom is 0.121 e. The molecule has 0 bridgehead atoms. The van der Waals surface area contributed by atoms with Gasteiger partial charge in [0.25, 0.3) is 0 Å². The molecule has 1 radical (unpaired) electrons. The average molecular weight is 1090 g/mol. The maximum absolute atomic E-state index is 12.8. The molecule has 0 N–H and O–H groups in total. The molecule has 351 valence electrons. The number of nitrogens with zero attached hydrogens (tertiary/aromatic N) is 3. The number of para-hydroxylation sites is 2. The zero-order valence-electron chi connectivity index (χ0n) is 46.8. The van der Waals surface area contributed by atoms with Gasteiger partial charge in [0.1, 0.15) is 5.58 Å². The van der Waals surface area contributed by atoms with E-state index in [4.69, 9.17) is 14.9 Å². The smallest absolute Gasteiger partial charge is 0.121 e. The molecule has 7 aromatic carbocycles. The summed E-state index contributed by atoms with van der Waals surface area (Å²) in [7, 11) is 0. The van der Waals surface area contributed by atoms with E-state index in [0.29, 0.717) is 44.9 Å². The van der Waals surface area contributed by atoms with E-state index in [-0.39, 0.29) is 49.0 Å². The molecule has 6 heteroatoms. The Morgan fingerprint density at radius 1 is 0.725 bits per heavy atom. The summed E-state index contributed by atoms with van der Waals surface area (Å²) in [5.41, 5.74) is 10.7. The first-order valence-electron chi connectivity index (χ1n) is 26.1. The minimum absolute atomic E-state index is 0. The molecule has 0 fully saturated rings. The van der Waals surface area contributed by atoms with Crippen molar-refractivity contribution in [1.29, 1.82) is 0 Å². The predicted octanol–water partition coefficient (Wildman–Crippen LogP) is 17.5. The Bertz CT molecular complexity index is 3650. The molecule has 3 aromatic heterocycles. The summed E-state index contributed by atoms with van der Waals surface area (Å²) >= 11 is 0. The van der Waals surface area contributed by atoms with E-state index >= 15 is 0 Å². The molecule has 4 nitrogen and oxygen atoms in total. The number of pyridine rings is 1. The van der Waals surface area contributed by atoms with E-state index in [1.54, 1.807) is 54.5 Å². The van der Waals surface area contributed by atoms with Crippen LogP contribution in [0.3, 0.4) is 0 Å². The van der Waals surface area contributed by atoms with Gasteiger partial charge < -0.3 is 14.0 Å². The molecule has 0 unspecified atom stereocenters. The van der Waals surface area contributed by atoms with Gasteiger partial charge in [-0.2, -0.15) is 0 Å². The molecule has 0 spiro atoms. The van der Waals surface area contributed by atoms with Crippen LogP contribution < -0.4 is 0 Å². The molecule has 0 saturated heterocycles. The standard InChI is InChI=1S/C48H45N2O.C15H15FN.Ir/c1-30(2)40-26-36(34-22-20-32(21-23-34)29-48(5,6)7)27-41(31(3)4)45(40)50-43-19-12-11-18-42(43)49-47(50)39-17-13-16-38-37-25-24-35(28-44(37)51-46(38)39)33-14-9-8-10-15-33;1-15(2,3)12-6-9-14(17-10-12)11-4-7-13(16)8-5-11;/h8-16,18-28,30-31H,29H2,1-7H3;4,6-10H,1-3H3;/q2*-1;/i22D,23D,29D2,30D,31D;;. The van der Waals surface area contributed by atoms with Crippen molar-refractivity contribution in [2.45, 2.75) is 92.8 Å². The van der Waals surface area contributed by atoms with Crippen LogP contribution in [0, 0.1) is 23.4 Å². The summed E-state index contributed by atoms with van der Waals surface area (Å²) in [4.78, 5) is 9.60. The van der Waals surface area contributed by atoms with Crippen molar-refractivity contribution in [2.75, 3.05) is 0 Å². The number of fused-ring (bicyclic) bond motifs is 4. The minimum Gasteiger partial charge on any atom is -0.501 e. The summed E-state index contributed by atoms with van der Waals surface area (Å²) in [6.45, 7) is 19.1. The van der Waals surface area contributed by atoms with Gasteiger partial charge in [0.05, 0.1) is 25.2 Å². The van der Waals surface area contributed by atoms with Crippen LogP contribution in [0.15, 0.2) is 162 Å². The first-order valence-corrected chi connectivity index (χ1v) is 23.1. The van der Waals surface area contributed by atoms with E-state index < -0.39 is 23.6 Å². The van der Waals surface area contributed by atoms with Crippen molar-refractivity contribution < 1.29 is 37.1 Å². The third-order valence-corrected chi connectivity index (χ3v) is 12.0. The minimum atomic E-state index is -1.79. The summed E-state index contributed by atoms with van der Waals surface area (Å²) in [5, 5.41) is 1.88. The van der Waals surface area contributed by atoms with Crippen LogP contribution in [-0.2, 0) is 31.9 Å². The molecule has 0 aliphatic rings. The van der Waals surface area contributed by atoms with Gasteiger partial charge in [0.15, 0.2) is 0 Å². The quantitative estimate of drug-likeness (QED) is 0.142.